The van der Waals surface area contributed by atoms with Crippen LogP contribution in [0.2, 0.25) is 0 Å². The molecule has 0 aliphatic carbocycles. The third-order valence-corrected chi connectivity index (χ3v) is 3.32. The summed E-state index contributed by atoms with van der Waals surface area (Å²) < 4.78 is 0. The van der Waals surface area contributed by atoms with E-state index in [9.17, 15) is 0 Å². The molecule has 114 valence electrons. The number of hydrogen-bond donors (Lipinski definition) is 1. The molecule has 1 aromatic rings. The average molecular weight is 278 g/mol. The fourth-order valence-electron chi connectivity index (χ4n) is 1.76. The van der Waals surface area contributed by atoms with E-state index in [0.717, 1.165) is 23.8 Å². The maximum atomic E-state index is 4.76. The van der Waals surface area contributed by atoms with E-state index in [1.165, 1.54) is 0 Å². The fourth-order valence-corrected chi connectivity index (χ4v) is 1.76. The average Bonchev–Trinajstić information content (AvgIpc) is 2.34. The van der Waals surface area contributed by atoms with Crippen molar-refractivity contribution in [1.29, 1.82) is 0 Å². The van der Waals surface area contributed by atoms with Crippen molar-refractivity contribution in [2.45, 2.75) is 72.5 Å². The Morgan fingerprint density at radius 2 is 1.80 bits per heavy atom. The van der Waals surface area contributed by atoms with Crippen molar-refractivity contribution in [2.24, 2.45) is 0 Å². The Labute approximate surface area is 124 Å². The summed E-state index contributed by atoms with van der Waals surface area (Å²) in [5, 5.41) is 3.52. The van der Waals surface area contributed by atoms with Crippen LogP contribution in [0.25, 0.3) is 0 Å². The molecule has 20 heavy (non-hydrogen) atoms. The van der Waals surface area contributed by atoms with Gasteiger partial charge >= 0.3 is 0 Å². The second-order valence-corrected chi connectivity index (χ2v) is 7.02. The van der Waals surface area contributed by atoms with E-state index < -0.39 is 0 Å². The van der Waals surface area contributed by atoms with Gasteiger partial charge in [-0.2, -0.15) is 0 Å². The highest BCUT2D eigenvalue weighted by molar-refractivity contribution is 5.49. The van der Waals surface area contributed by atoms with Crippen molar-refractivity contribution in [3.63, 3.8) is 0 Å². The molecule has 0 saturated heterocycles. The predicted octanol–water partition coefficient (Wildman–Crippen LogP) is 3.33. The quantitative estimate of drug-likeness (QED) is 0.897. The van der Waals surface area contributed by atoms with Gasteiger partial charge in [0.15, 0.2) is 0 Å². The standard InChI is InChI=1S/C16H30N4/c1-11(2)15-17-10-14(20(8)12(3)4)13(19-15)9-18-16(5,6)7/h10-12,18H,9H2,1-8H3. The van der Waals surface area contributed by atoms with Gasteiger partial charge in [0.25, 0.3) is 0 Å². The van der Waals surface area contributed by atoms with Crippen molar-refractivity contribution in [1.82, 2.24) is 15.3 Å². The molecular formula is C16H30N4. The smallest absolute Gasteiger partial charge is 0.131 e. The highest BCUT2D eigenvalue weighted by Crippen LogP contribution is 2.21. The van der Waals surface area contributed by atoms with Crippen molar-refractivity contribution in [2.75, 3.05) is 11.9 Å². The van der Waals surface area contributed by atoms with Crippen LogP contribution in [0.1, 0.15) is 65.9 Å². The van der Waals surface area contributed by atoms with E-state index >= 15 is 0 Å². The summed E-state index contributed by atoms with van der Waals surface area (Å²) in [5.74, 6) is 1.26. The zero-order chi connectivity index (χ0) is 15.5. The van der Waals surface area contributed by atoms with Gasteiger partial charge in [-0.1, -0.05) is 13.8 Å². The van der Waals surface area contributed by atoms with Gasteiger partial charge in [-0.05, 0) is 34.6 Å². The Morgan fingerprint density at radius 1 is 1.20 bits per heavy atom. The number of nitrogens with zero attached hydrogens (tertiary/aromatic N) is 3. The van der Waals surface area contributed by atoms with Gasteiger partial charge < -0.3 is 10.2 Å². The molecule has 0 spiro atoms. The monoisotopic (exact) mass is 278 g/mol. The van der Waals surface area contributed by atoms with E-state index in [4.69, 9.17) is 4.98 Å². The minimum absolute atomic E-state index is 0.0800. The molecule has 1 N–H and O–H groups in total. The minimum Gasteiger partial charge on any atom is -0.369 e. The van der Waals surface area contributed by atoms with Crippen LogP contribution in [0.5, 0.6) is 0 Å². The molecule has 0 aromatic carbocycles. The number of rotatable bonds is 5. The van der Waals surface area contributed by atoms with Crippen LogP contribution in [0.3, 0.4) is 0 Å². The highest BCUT2D eigenvalue weighted by atomic mass is 15.2. The fraction of sp³-hybridized carbons (Fsp3) is 0.750. The zero-order valence-corrected chi connectivity index (χ0v) is 14.3. The van der Waals surface area contributed by atoms with Crippen molar-refractivity contribution in [3.8, 4) is 0 Å². The lowest BCUT2D eigenvalue weighted by Gasteiger charge is -2.27. The number of nitrogens with one attached hydrogen (secondary N) is 1. The molecular weight excluding hydrogens is 248 g/mol. The summed E-state index contributed by atoms with van der Waals surface area (Å²) in [6, 6.07) is 0.428. The van der Waals surface area contributed by atoms with Crippen LogP contribution in [0, 0.1) is 0 Å². The van der Waals surface area contributed by atoms with Crippen LogP contribution in [0.4, 0.5) is 5.69 Å². The molecule has 1 aromatic heterocycles. The minimum atomic E-state index is 0.0800. The Hall–Kier alpha value is -1.16. The van der Waals surface area contributed by atoms with Crippen LogP contribution < -0.4 is 10.2 Å². The molecule has 0 radical (unpaired) electrons. The van der Waals surface area contributed by atoms with E-state index in [1.807, 2.05) is 6.20 Å². The van der Waals surface area contributed by atoms with E-state index in [2.05, 4.69) is 70.7 Å². The number of anilines is 1. The molecule has 0 aliphatic rings. The number of aromatic nitrogens is 2. The molecule has 0 fully saturated rings. The third-order valence-electron chi connectivity index (χ3n) is 3.32. The SMILES string of the molecule is CC(C)c1ncc(N(C)C(C)C)c(CNC(C)(C)C)n1. The van der Waals surface area contributed by atoms with E-state index in [1.54, 1.807) is 0 Å². The first kappa shape index (κ1) is 16.9. The van der Waals surface area contributed by atoms with Gasteiger partial charge in [0.2, 0.25) is 0 Å². The summed E-state index contributed by atoms with van der Waals surface area (Å²) in [6.07, 6.45) is 1.96. The first-order chi connectivity index (χ1) is 9.11. The predicted molar refractivity (Wildman–Crippen MR) is 86.3 cm³/mol. The first-order valence-electron chi connectivity index (χ1n) is 7.45. The topological polar surface area (TPSA) is 41.1 Å². The van der Waals surface area contributed by atoms with Crippen LogP contribution in [-0.4, -0.2) is 28.6 Å². The lowest BCUT2D eigenvalue weighted by molar-refractivity contribution is 0.420. The molecule has 0 saturated carbocycles. The molecule has 1 heterocycles. The van der Waals surface area contributed by atoms with Gasteiger partial charge in [0, 0.05) is 31.1 Å². The van der Waals surface area contributed by atoms with Gasteiger partial charge in [-0.15, -0.1) is 0 Å². The van der Waals surface area contributed by atoms with Gasteiger partial charge in [-0.25, -0.2) is 9.97 Å². The van der Waals surface area contributed by atoms with E-state index in [-0.39, 0.29) is 5.54 Å². The largest absolute Gasteiger partial charge is 0.369 e. The van der Waals surface area contributed by atoms with Crippen LogP contribution in [-0.2, 0) is 6.54 Å². The maximum absolute atomic E-state index is 4.76. The third kappa shape index (κ3) is 4.75. The first-order valence-corrected chi connectivity index (χ1v) is 7.45. The summed E-state index contributed by atoms with van der Waals surface area (Å²) in [6.45, 7) is 15.9. The molecule has 1 rings (SSSR count). The van der Waals surface area contributed by atoms with Crippen LogP contribution in [0.15, 0.2) is 6.20 Å². The second-order valence-electron chi connectivity index (χ2n) is 7.02. The Balaban J connectivity index is 3.09. The van der Waals surface area contributed by atoms with Crippen molar-refractivity contribution >= 4 is 5.69 Å². The summed E-state index contributed by atoms with van der Waals surface area (Å²) in [5.41, 5.74) is 2.27. The normalized spacial score (nSPS) is 12.3. The molecule has 0 bridgehead atoms. The molecule has 4 nitrogen and oxygen atoms in total. The summed E-state index contributed by atoms with van der Waals surface area (Å²) in [4.78, 5) is 11.5. The zero-order valence-electron chi connectivity index (χ0n) is 14.3. The molecule has 0 unspecified atom stereocenters. The lowest BCUT2D eigenvalue weighted by atomic mass is 10.1. The van der Waals surface area contributed by atoms with Gasteiger partial charge in [-0.3, -0.25) is 0 Å². The highest BCUT2D eigenvalue weighted by Gasteiger charge is 2.17. The number of hydrogen-bond acceptors (Lipinski definition) is 4. The lowest BCUT2D eigenvalue weighted by Crippen LogP contribution is -2.36. The second kappa shape index (κ2) is 6.53. The van der Waals surface area contributed by atoms with Crippen LogP contribution >= 0.6 is 0 Å². The molecule has 0 amide bonds. The maximum Gasteiger partial charge on any atom is 0.131 e. The van der Waals surface area contributed by atoms with E-state index in [0.29, 0.717) is 12.0 Å². The molecule has 4 heteroatoms. The Kier molecular flexibility index (Phi) is 5.51. The summed E-state index contributed by atoms with van der Waals surface area (Å²) >= 11 is 0. The van der Waals surface area contributed by atoms with Crippen molar-refractivity contribution < 1.29 is 0 Å². The van der Waals surface area contributed by atoms with Gasteiger partial charge in [0.1, 0.15) is 5.82 Å². The van der Waals surface area contributed by atoms with Crippen molar-refractivity contribution in [3.05, 3.63) is 17.7 Å². The Morgan fingerprint density at radius 3 is 2.25 bits per heavy atom. The molecule has 0 atom stereocenters. The molecule has 0 aliphatic heterocycles. The Bertz CT molecular complexity index is 433. The van der Waals surface area contributed by atoms with Gasteiger partial charge in [0.05, 0.1) is 17.6 Å². The summed E-state index contributed by atoms with van der Waals surface area (Å²) in [7, 11) is 2.10.